The van der Waals surface area contributed by atoms with Gasteiger partial charge in [0.05, 0.1) is 33.3 Å². The molecule has 0 saturated heterocycles. The van der Waals surface area contributed by atoms with E-state index in [1.807, 2.05) is 0 Å². The van der Waals surface area contributed by atoms with Gasteiger partial charge in [-0.1, -0.05) is 125 Å². The van der Waals surface area contributed by atoms with Crippen LogP contribution in [-0.2, 0) is 33.5 Å². The van der Waals surface area contributed by atoms with Crippen molar-refractivity contribution in [3.8, 4) is 11.1 Å². The fourth-order valence-electron chi connectivity index (χ4n) is 8.71. The second-order valence-corrected chi connectivity index (χ2v) is 23.4. The molecule has 0 atom stereocenters. The second kappa shape index (κ2) is 12.5. The lowest BCUT2D eigenvalue weighted by Crippen LogP contribution is -2.24. The minimum atomic E-state index is -0.170. The lowest BCUT2D eigenvalue weighted by molar-refractivity contribution is 0.560. The summed E-state index contributed by atoms with van der Waals surface area (Å²) in [5, 5.41) is 1.07. The third kappa shape index (κ3) is 6.54. The average molecular weight is 775 g/mol. The zero-order valence-corrected chi connectivity index (χ0v) is 38.7. The Morgan fingerprint density at radius 2 is 0.966 bits per heavy atom. The van der Waals surface area contributed by atoms with E-state index in [9.17, 15) is 0 Å². The van der Waals surface area contributed by atoms with Crippen LogP contribution in [0.3, 0.4) is 0 Å². The molecule has 8 rings (SSSR count). The van der Waals surface area contributed by atoms with Crippen molar-refractivity contribution in [2.45, 2.75) is 165 Å². The average Bonchev–Trinajstić information content (AvgIpc) is 3.67. The van der Waals surface area contributed by atoms with Gasteiger partial charge in [-0.3, -0.25) is 18.8 Å². The number of aryl methyl sites for hydroxylation is 1. The van der Waals surface area contributed by atoms with Gasteiger partial charge in [-0.2, -0.15) is 0 Å². The molecule has 0 N–H and O–H groups in total. The van der Waals surface area contributed by atoms with Gasteiger partial charge in [0.25, 0.3) is 0 Å². The molecule has 2 aromatic carbocycles. The fraction of sp³-hybridized carbons (Fsp3) is 0.500. The van der Waals surface area contributed by atoms with Crippen molar-refractivity contribution < 1.29 is 0 Å². The molecular weight excluding hydrogens is 709 g/mol. The minimum absolute atomic E-state index is 0.0152. The number of hydrogen-bond acceptors (Lipinski definition) is 4. The van der Waals surface area contributed by atoms with E-state index >= 15 is 0 Å². The summed E-state index contributed by atoms with van der Waals surface area (Å²) in [4.78, 5) is 22.1. The van der Waals surface area contributed by atoms with E-state index in [0.29, 0.717) is 0 Å². The number of rotatable bonds is 1. The summed E-state index contributed by atoms with van der Waals surface area (Å²) < 4.78 is 4.91. The van der Waals surface area contributed by atoms with Crippen LogP contribution in [0.25, 0.3) is 55.4 Å². The zero-order valence-electron chi connectivity index (χ0n) is 38.7. The molecule has 0 bridgehead atoms. The van der Waals surface area contributed by atoms with Gasteiger partial charge in [-0.05, 0) is 83.3 Å². The fourth-order valence-corrected chi connectivity index (χ4v) is 8.71. The third-order valence-corrected chi connectivity index (χ3v) is 12.4. The Bertz CT molecular complexity index is 2870. The summed E-state index contributed by atoms with van der Waals surface area (Å²) in [7, 11) is 0. The van der Waals surface area contributed by atoms with E-state index in [4.69, 9.17) is 19.9 Å². The van der Waals surface area contributed by atoms with E-state index in [0.717, 1.165) is 79.6 Å². The van der Waals surface area contributed by atoms with Gasteiger partial charge in [-0.15, -0.1) is 0 Å². The Hall–Kier alpha value is -4.58. The van der Waals surface area contributed by atoms with E-state index in [1.54, 1.807) is 0 Å². The summed E-state index contributed by atoms with van der Waals surface area (Å²) in [6.07, 6.45) is 1.87. The van der Waals surface area contributed by atoms with Crippen LogP contribution in [0.1, 0.15) is 165 Å². The number of aromatic nitrogens is 5. The Labute approximate surface area is 346 Å². The van der Waals surface area contributed by atoms with Gasteiger partial charge in [0.15, 0.2) is 0 Å². The highest BCUT2D eigenvalue weighted by molar-refractivity contribution is 6.07. The lowest BCUT2D eigenvalue weighted by Gasteiger charge is -2.28. The molecule has 6 heteroatoms. The van der Waals surface area contributed by atoms with Gasteiger partial charge in [-0.25, -0.2) is 9.97 Å². The molecule has 5 aromatic heterocycles. The number of fused-ring (bicyclic) bond motifs is 10. The molecule has 6 nitrogen and oxygen atoms in total. The first-order valence-electron chi connectivity index (χ1n) is 21.5. The van der Waals surface area contributed by atoms with E-state index in [2.05, 4.69) is 182 Å². The maximum atomic E-state index is 5.73. The van der Waals surface area contributed by atoms with Gasteiger partial charge in [0.1, 0.15) is 11.3 Å². The van der Waals surface area contributed by atoms with Crippen LogP contribution < -0.4 is 0 Å². The molecule has 0 fully saturated rings. The number of aliphatic imine (C=N–C) groups is 1. The summed E-state index contributed by atoms with van der Waals surface area (Å²) in [5.74, 6) is 0. The molecule has 58 heavy (non-hydrogen) atoms. The van der Waals surface area contributed by atoms with Crippen LogP contribution in [0.15, 0.2) is 53.5 Å². The largest absolute Gasteiger partial charge is 0.296 e. The van der Waals surface area contributed by atoms with E-state index < -0.39 is 0 Å². The van der Waals surface area contributed by atoms with Crippen molar-refractivity contribution in [2.75, 3.05) is 0 Å². The highest BCUT2D eigenvalue weighted by Gasteiger charge is 2.32. The van der Waals surface area contributed by atoms with Crippen LogP contribution in [0.5, 0.6) is 0 Å². The number of hydrogen-bond donors (Lipinski definition) is 0. The summed E-state index contributed by atoms with van der Waals surface area (Å²) in [6, 6.07) is 18.7. The number of benzene rings is 2. The first-order valence-corrected chi connectivity index (χ1v) is 21.5. The summed E-state index contributed by atoms with van der Waals surface area (Å²) >= 11 is 0. The Morgan fingerprint density at radius 3 is 1.45 bits per heavy atom. The Morgan fingerprint density at radius 1 is 0.466 bits per heavy atom. The molecule has 7 aromatic rings. The number of nitrogens with zero attached hydrogens (tertiary/aromatic N) is 6. The normalized spacial score (nSPS) is 15.0. The monoisotopic (exact) mass is 775 g/mol. The standard InChI is InChI=1S/C52H66N6/c1-47(2,3)29-23-33(43-37(25-29)57-41(51(13,14)15)27-35-31(45(57)55-43)19-21-39(53-35)49(7,8)9)34-24-30(48(4,5)6)26-38-44(34)56-46-32-20-22-40(50(10,11)12)54-36(32)28-42(58(38)46)52(16,17)18/h19,21,23-28H,20,22H2,1-18H3. The van der Waals surface area contributed by atoms with Crippen molar-refractivity contribution in [2.24, 2.45) is 10.4 Å². The molecule has 1 aliphatic heterocycles. The quantitative estimate of drug-likeness (QED) is 0.167. The molecule has 0 amide bonds. The van der Waals surface area contributed by atoms with Crippen LogP contribution in [0, 0.1) is 5.41 Å². The van der Waals surface area contributed by atoms with Crippen molar-refractivity contribution in [3.05, 3.63) is 82.3 Å². The number of imidazole rings is 2. The first kappa shape index (κ1) is 40.2. The Balaban J connectivity index is 1.57. The molecular formula is C52H66N6. The molecule has 0 saturated carbocycles. The molecule has 0 aliphatic carbocycles. The van der Waals surface area contributed by atoms with Gasteiger partial charge >= 0.3 is 0 Å². The number of pyridine rings is 3. The SMILES string of the molecule is CC(C)(C)C1=Nc2cc(C(C)(C)C)n3c(nc4c(-c5cc(C(C)(C)C)cc6c5nc5c7ccc(C(C)(C)C)nc7cc(C(C)(C)C)n65)cc(C(C)(C)C)cc43)c2CC1. The van der Waals surface area contributed by atoms with Gasteiger partial charge < -0.3 is 0 Å². The Kier molecular flexibility index (Phi) is 8.65. The van der Waals surface area contributed by atoms with E-state index in [1.165, 1.54) is 33.8 Å². The molecule has 304 valence electrons. The lowest BCUT2D eigenvalue weighted by atomic mass is 9.82. The van der Waals surface area contributed by atoms with Gasteiger partial charge in [0, 0.05) is 66.5 Å². The predicted octanol–water partition coefficient (Wildman–Crippen LogP) is 14.1. The molecule has 6 heterocycles. The minimum Gasteiger partial charge on any atom is -0.296 e. The maximum Gasteiger partial charge on any atom is 0.147 e. The zero-order chi connectivity index (χ0) is 42.4. The van der Waals surface area contributed by atoms with Crippen LogP contribution in [0.4, 0.5) is 5.69 Å². The predicted molar refractivity (Wildman–Crippen MR) is 248 cm³/mol. The van der Waals surface area contributed by atoms with E-state index in [-0.39, 0.29) is 32.5 Å². The molecule has 0 radical (unpaired) electrons. The van der Waals surface area contributed by atoms with Crippen LogP contribution in [-0.4, -0.2) is 29.5 Å². The molecule has 1 aliphatic rings. The molecule has 0 unspecified atom stereocenters. The topological polar surface area (TPSA) is 59.8 Å². The maximum absolute atomic E-state index is 5.73. The van der Waals surface area contributed by atoms with Crippen molar-refractivity contribution >= 4 is 55.7 Å². The highest BCUT2D eigenvalue weighted by Crippen LogP contribution is 2.45. The third-order valence-electron chi connectivity index (χ3n) is 12.4. The van der Waals surface area contributed by atoms with Crippen molar-refractivity contribution in [1.82, 2.24) is 23.8 Å². The van der Waals surface area contributed by atoms with Crippen LogP contribution in [0.2, 0.25) is 0 Å². The summed E-state index contributed by atoms with van der Waals surface area (Å²) in [6.45, 7) is 41.3. The molecule has 0 spiro atoms. The first-order chi connectivity index (χ1) is 26.5. The van der Waals surface area contributed by atoms with Crippen molar-refractivity contribution in [3.63, 3.8) is 0 Å². The smallest absolute Gasteiger partial charge is 0.147 e. The van der Waals surface area contributed by atoms with Crippen molar-refractivity contribution in [1.29, 1.82) is 0 Å². The van der Waals surface area contributed by atoms with Crippen LogP contribution >= 0.6 is 0 Å². The summed E-state index contributed by atoms with van der Waals surface area (Å²) in [5.41, 5.74) is 18.5. The van der Waals surface area contributed by atoms with Gasteiger partial charge in [0.2, 0.25) is 0 Å². The highest BCUT2D eigenvalue weighted by atomic mass is 15.1. The second-order valence-electron chi connectivity index (χ2n) is 23.4.